The Morgan fingerprint density at radius 1 is 0.897 bits per heavy atom. The lowest BCUT2D eigenvalue weighted by molar-refractivity contribution is -0.345. The van der Waals surface area contributed by atoms with E-state index in [9.17, 15) is 24.6 Å². The number of fused-ring (bicyclic) bond motifs is 5. The highest BCUT2D eigenvalue weighted by Crippen LogP contribution is 2.64. The van der Waals surface area contributed by atoms with Crippen LogP contribution in [0.1, 0.15) is 151 Å². The van der Waals surface area contributed by atoms with E-state index in [1.807, 2.05) is 13.8 Å². The highest BCUT2D eigenvalue weighted by Gasteiger charge is 2.78. The maximum atomic E-state index is 16.1. The Balaban J connectivity index is 2.06. The first-order valence-corrected chi connectivity index (χ1v) is 29.6. The summed E-state index contributed by atoms with van der Waals surface area (Å²) in [6.07, 6.45) is -7.27. The van der Waals surface area contributed by atoms with Crippen LogP contribution in [0.3, 0.4) is 0 Å². The van der Waals surface area contributed by atoms with Crippen molar-refractivity contribution in [2.24, 2.45) is 16.7 Å². The molecule has 3 fully saturated rings. The number of nitrogens with one attached hydrogen (secondary N) is 1. The molecule has 1 heterocycles. The lowest BCUT2D eigenvalue weighted by Gasteiger charge is -2.68. The number of rotatable bonds is 17. The van der Waals surface area contributed by atoms with E-state index in [2.05, 4.69) is 67.6 Å². The highest BCUT2D eigenvalue weighted by molar-refractivity contribution is 6.77. The number of aliphatic hydroxyl groups is 2. The minimum atomic E-state index is -2.95. The van der Waals surface area contributed by atoms with Crippen LogP contribution < -0.4 is 5.32 Å². The van der Waals surface area contributed by atoms with Gasteiger partial charge in [-0.1, -0.05) is 87.8 Å². The summed E-state index contributed by atoms with van der Waals surface area (Å²) < 4.78 is 45.3. The number of carbonyl (C=O) groups excluding carboxylic acids is 5. The molecule has 0 spiro atoms. The number of alkyl carbamates (subject to hydrolysis) is 1. The van der Waals surface area contributed by atoms with Gasteiger partial charge in [0.25, 0.3) is 0 Å². The van der Waals surface area contributed by atoms with Crippen LogP contribution in [0.5, 0.6) is 0 Å². The summed E-state index contributed by atoms with van der Waals surface area (Å²) in [7, 11) is -5.49. The largest absolute Gasteiger partial charge is 0.456 e. The minimum Gasteiger partial charge on any atom is -0.456 e. The molecular weight excluding hydrogens is 907 g/mol. The first kappa shape index (κ1) is 57.6. The Labute approximate surface area is 408 Å². The van der Waals surface area contributed by atoms with Crippen molar-refractivity contribution in [3.63, 3.8) is 0 Å². The van der Waals surface area contributed by atoms with Gasteiger partial charge >= 0.3 is 24.0 Å². The molecule has 15 nitrogen and oxygen atoms in total. The van der Waals surface area contributed by atoms with Gasteiger partial charge in [-0.25, -0.2) is 9.59 Å². The summed E-state index contributed by atoms with van der Waals surface area (Å²) in [5.41, 5.74) is -6.69. The lowest BCUT2D eigenvalue weighted by Crippen LogP contribution is -2.82. The van der Waals surface area contributed by atoms with Crippen LogP contribution in [0, 0.1) is 16.7 Å². The van der Waals surface area contributed by atoms with Crippen LogP contribution >= 0.6 is 0 Å². The van der Waals surface area contributed by atoms with Crippen molar-refractivity contribution in [1.82, 2.24) is 5.32 Å². The number of ketones is 1. The van der Waals surface area contributed by atoms with Crippen LogP contribution in [0.25, 0.3) is 0 Å². The van der Waals surface area contributed by atoms with Crippen molar-refractivity contribution in [2.75, 3.05) is 6.61 Å². The zero-order valence-electron chi connectivity index (χ0n) is 45.0. The molecular formula is C51H87NO14Si2. The molecule has 68 heavy (non-hydrogen) atoms. The summed E-state index contributed by atoms with van der Waals surface area (Å²) in [5.74, 6) is -4.27. The van der Waals surface area contributed by atoms with Gasteiger partial charge in [-0.15, -0.1) is 0 Å². The summed E-state index contributed by atoms with van der Waals surface area (Å²) in [6.45, 7) is 36.5. The van der Waals surface area contributed by atoms with Gasteiger partial charge in [0.15, 0.2) is 31.9 Å². The second-order valence-corrected chi connectivity index (χ2v) is 33.2. The number of hydrogen-bond acceptors (Lipinski definition) is 14. The predicted octanol–water partition coefficient (Wildman–Crippen LogP) is 8.79. The van der Waals surface area contributed by atoms with E-state index >= 15 is 9.59 Å². The fourth-order valence-electron chi connectivity index (χ4n) is 12.7. The Kier molecular flexibility index (Phi) is 17.5. The van der Waals surface area contributed by atoms with Gasteiger partial charge in [0.2, 0.25) is 8.32 Å². The minimum absolute atomic E-state index is 0.00487. The van der Waals surface area contributed by atoms with Gasteiger partial charge in [-0.05, 0) is 94.4 Å². The maximum Gasteiger partial charge on any atom is 0.408 e. The number of Topliss-reactive ketones (excluding diaryl/α,β-unsaturated/α-hetero) is 1. The molecule has 1 saturated heterocycles. The van der Waals surface area contributed by atoms with Crippen LogP contribution in [0.15, 0.2) is 22.8 Å². The molecule has 0 aromatic rings. The Morgan fingerprint density at radius 3 is 1.87 bits per heavy atom. The van der Waals surface area contributed by atoms with Crippen molar-refractivity contribution < 1.29 is 66.7 Å². The number of esters is 3. The molecule has 3 N–H and O–H groups in total. The Bertz CT molecular complexity index is 1940. The number of allylic oxidation sites excluding steroid dienone is 1. The van der Waals surface area contributed by atoms with E-state index in [4.69, 9.17) is 32.5 Å². The SMILES string of the molecule is CC[Si](CC)(CC)O[C@H]1C[C@H]2OC[C@@]2(OC(C)=O)[C@H]2[C@H](O)[C@]3(O)C[C@H](OC(=O)[C@H](O[Si](C(C)C)(C(C)C)C(C)C)[C@H](C=C(C)C)NC(=O)OC(C)(C)C)C(C)=C([C@@H](OC(C)=O)C(=O)[C@]12C)C3(C)C. The van der Waals surface area contributed by atoms with Gasteiger partial charge in [0, 0.05) is 38.0 Å². The lowest BCUT2D eigenvalue weighted by atomic mass is 9.44. The third-order valence-corrected chi connectivity index (χ3v) is 27.0. The molecule has 0 aromatic carbocycles. The van der Waals surface area contributed by atoms with Crippen LogP contribution in [0.4, 0.5) is 4.79 Å². The molecule has 4 aliphatic rings. The molecule has 11 atom stereocenters. The van der Waals surface area contributed by atoms with Crippen LogP contribution in [-0.2, 0) is 51.7 Å². The zero-order valence-corrected chi connectivity index (χ0v) is 47.0. The molecule has 2 saturated carbocycles. The number of aliphatic hydroxyl groups excluding tert-OH is 1. The van der Waals surface area contributed by atoms with E-state index in [1.165, 1.54) is 13.8 Å². The maximum absolute atomic E-state index is 16.1. The monoisotopic (exact) mass is 994 g/mol. The second-order valence-electron chi connectivity index (χ2n) is 23.0. The van der Waals surface area contributed by atoms with Crippen molar-refractivity contribution in [1.29, 1.82) is 0 Å². The second kappa shape index (κ2) is 20.7. The molecule has 4 rings (SSSR count). The quantitative estimate of drug-likeness (QED) is 0.0540. The van der Waals surface area contributed by atoms with E-state index in [1.54, 1.807) is 54.5 Å². The van der Waals surface area contributed by atoms with Gasteiger partial charge < -0.3 is 48.1 Å². The highest BCUT2D eigenvalue weighted by atomic mass is 28.4. The number of carbonyl (C=O) groups is 5. The molecule has 0 unspecified atom stereocenters. The van der Waals surface area contributed by atoms with Crippen molar-refractivity contribution in [2.45, 2.75) is 246 Å². The van der Waals surface area contributed by atoms with Crippen LogP contribution in [-0.4, -0.2) is 123 Å². The Morgan fingerprint density at radius 2 is 1.44 bits per heavy atom. The summed E-state index contributed by atoms with van der Waals surface area (Å²) >= 11 is 0. The van der Waals surface area contributed by atoms with E-state index in [-0.39, 0.29) is 41.6 Å². The van der Waals surface area contributed by atoms with Gasteiger partial charge in [0.05, 0.1) is 30.3 Å². The third-order valence-electron chi connectivity index (χ3n) is 16.3. The molecule has 0 radical (unpaired) electrons. The average Bonchev–Trinajstić information content (AvgIpc) is 3.19. The summed E-state index contributed by atoms with van der Waals surface area (Å²) in [4.78, 5) is 71.6. The fraction of sp³-hybridized carbons (Fsp3) is 0.824. The Hall–Kier alpha value is -2.94. The molecule has 0 aromatic heterocycles. The zero-order chi connectivity index (χ0) is 52.1. The standard InChI is InChI=1S/C51H87NO14Si2/c1-21-67(22-2,23-3)65-37-25-38-50(27-60-38,63-34(14)54)42-44(56)51(59)26-36(32(12)39(48(51,18)19)41(61-33(13)53)43(55)49(37,42)20)62-45(57)40(66-68(29(6)7,30(8)9)31(10)11)35(24-28(4)5)52-46(58)64-47(15,16)17/h24,29-31,35-38,40-42,44,56,59H,21-23,25-27H2,1-20H3,(H,52,58)/t35-,36-,37-,38+,40+,41+,42-,44-,49+,50-,51+/m0/s1. The third kappa shape index (κ3) is 10.2. The van der Waals surface area contributed by atoms with Crippen molar-refractivity contribution in [3.8, 4) is 0 Å². The molecule has 388 valence electrons. The smallest absolute Gasteiger partial charge is 0.408 e. The number of ether oxygens (including phenoxy) is 5. The summed E-state index contributed by atoms with van der Waals surface area (Å²) in [6, 6.07) is 1.12. The molecule has 3 aliphatic carbocycles. The topological polar surface area (TPSA) is 202 Å². The van der Waals surface area contributed by atoms with E-state index < -0.39 is 123 Å². The average molecular weight is 994 g/mol. The number of hydrogen-bond donors (Lipinski definition) is 3. The van der Waals surface area contributed by atoms with Crippen LogP contribution in [0.2, 0.25) is 34.8 Å². The van der Waals surface area contributed by atoms with E-state index in [0.29, 0.717) is 5.57 Å². The molecule has 1 aliphatic heterocycles. The van der Waals surface area contributed by atoms with Gasteiger partial charge in [-0.3, -0.25) is 14.4 Å². The fourth-order valence-corrected chi connectivity index (χ4v) is 21.1. The normalized spacial score (nSPS) is 31.3. The van der Waals surface area contributed by atoms with Crippen molar-refractivity contribution >= 4 is 46.4 Å². The molecule has 17 heteroatoms. The van der Waals surface area contributed by atoms with Gasteiger partial charge in [0.1, 0.15) is 23.4 Å². The first-order chi connectivity index (χ1) is 31.1. The molecule has 2 bridgehead atoms. The number of amides is 1. The summed E-state index contributed by atoms with van der Waals surface area (Å²) in [5, 5.41) is 29.9. The first-order valence-electron chi connectivity index (χ1n) is 25.0. The van der Waals surface area contributed by atoms with Crippen molar-refractivity contribution in [3.05, 3.63) is 22.8 Å². The van der Waals surface area contributed by atoms with E-state index in [0.717, 1.165) is 23.7 Å². The van der Waals surface area contributed by atoms with Gasteiger partial charge in [-0.2, -0.15) is 0 Å². The molecule has 1 amide bonds. The predicted molar refractivity (Wildman–Crippen MR) is 264 cm³/mol.